The van der Waals surface area contributed by atoms with Crippen molar-refractivity contribution in [2.45, 2.75) is 11.8 Å². The van der Waals surface area contributed by atoms with E-state index in [1.807, 2.05) is 0 Å². The molecule has 0 atom stereocenters. The first-order valence-electron chi connectivity index (χ1n) is 10.4. The summed E-state index contributed by atoms with van der Waals surface area (Å²) in [5, 5.41) is 0. The topological polar surface area (TPSA) is 85.4 Å². The standard InChI is InChI=1S/C25H28N2O6S/c1-17-11-13-19(34(29,30)27(3)21-9-7-8-10-22(21)31-4)16-20(17)25(28)26(2)18-12-14-23(32-5)24(15-18)33-6/h7-16H,1-6H3. The number of benzene rings is 3. The lowest BCUT2D eigenvalue weighted by atomic mass is 10.1. The van der Waals surface area contributed by atoms with Crippen LogP contribution in [0.3, 0.4) is 0 Å². The molecule has 0 aromatic heterocycles. The van der Waals surface area contributed by atoms with Crippen molar-refractivity contribution in [3.8, 4) is 17.2 Å². The quantitative estimate of drug-likeness (QED) is 0.478. The molecule has 34 heavy (non-hydrogen) atoms. The zero-order valence-electron chi connectivity index (χ0n) is 20.0. The zero-order valence-corrected chi connectivity index (χ0v) is 20.8. The second-order valence-corrected chi connectivity index (χ2v) is 9.49. The molecule has 0 aliphatic heterocycles. The summed E-state index contributed by atoms with van der Waals surface area (Å²) in [4.78, 5) is 14.8. The number of carbonyl (C=O) groups excluding carboxylic acids is 1. The van der Waals surface area contributed by atoms with Crippen molar-refractivity contribution in [1.29, 1.82) is 0 Å². The molecule has 0 aliphatic rings. The van der Waals surface area contributed by atoms with Gasteiger partial charge in [0.25, 0.3) is 15.9 Å². The summed E-state index contributed by atoms with van der Waals surface area (Å²) in [6, 6.07) is 16.5. The highest BCUT2D eigenvalue weighted by Crippen LogP contribution is 2.33. The smallest absolute Gasteiger partial charge is 0.264 e. The third-order valence-corrected chi connectivity index (χ3v) is 7.35. The molecule has 0 radical (unpaired) electrons. The highest BCUT2D eigenvalue weighted by Gasteiger charge is 2.26. The first-order chi connectivity index (χ1) is 16.1. The number of rotatable bonds is 8. The maximum Gasteiger partial charge on any atom is 0.264 e. The molecule has 0 spiro atoms. The number of amides is 1. The first-order valence-corrected chi connectivity index (χ1v) is 11.8. The predicted molar refractivity (Wildman–Crippen MR) is 132 cm³/mol. The fourth-order valence-electron chi connectivity index (χ4n) is 3.50. The lowest BCUT2D eigenvalue weighted by Gasteiger charge is -2.23. The van der Waals surface area contributed by atoms with Crippen LogP contribution >= 0.6 is 0 Å². The lowest BCUT2D eigenvalue weighted by Crippen LogP contribution is -2.29. The van der Waals surface area contributed by atoms with Crippen LogP contribution in [0.4, 0.5) is 11.4 Å². The monoisotopic (exact) mass is 484 g/mol. The highest BCUT2D eigenvalue weighted by atomic mass is 32.2. The lowest BCUT2D eigenvalue weighted by molar-refractivity contribution is 0.0992. The Kier molecular flexibility index (Phi) is 7.36. The van der Waals surface area contributed by atoms with E-state index in [-0.39, 0.29) is 16.4 Å². The van der Waals surface area contributed by atoms with Crippen LogP contribution in [-0.2, 0) is 10.0 Å². The number of para-hydroxylation sites is 2. The van der Waals surface area contributed by atoms with Crippen molar-refractivity contribution in [3.05, 3.63) is 71.8 Å². The van der Waals surface area contributed by atoms with Gasteiger partial charge in [-0.25, -0.2) is 8.42 Å². The molecule has 9 heteroatoms. The summed E-state index contributed by atoms with van der Waals surface area (Å²) in [6.45, 7) is 1.76. The number of sulfonamides is 1. The van der Waals surface area contributed by atoms with Gasteiger partial charge >= 0.3 is 0 Å². The van der Waals surface area contributed by atoms with Gasteiger partial charge in [-0.15, -0.1) is 0 Å². The van der Waals surface area contributed by atoms with Gasteiger partial charge in [-0.3, -0.25) is 9.10 Å². The Morgan fingerprint density at radius 3 is 2.09 bits per heavy atom. The molecule has 0 bridgehead atoms. The maximum absolute atomic E-state index is 13.4. The molecule has 180 valence electrons. The summed E-state index contributed by atoms with van der Waals surface area (Å²) in [7, 11) is 3.63. The largest absolute Gasteiger partial charge is 0.495 e. The summed E-state index contributed by atoms with van der Waals surface area (Å²) < 4.78 is 43.8. The van der Waals surface area contributed by atoms with Gasteiger partial charge in [-0.05, 0) is 48.9 Å². The number of anilines is 2. The molecule has 0 N–H and O–H groups in total. The average molecular weight is 485 g/mol. The van der Waals surface area contributed by atoms with Gasteiger partial charge in [-0.1, -0.05) is 18.2 Å². The van der Waals surface area contributed by atoms with Gasteiger partial charge < -0.3 is 19.1 Å². The molecular weight excluding hydrogens is 456 g/mol. The van der Waals surface area contributed by atoms with Gasteiger partial charge in [0.1, 0.15) is 5.75 Å². The van der Waals surface area contributed by atoms with E-state index in [0.29, 0.717) is 34.2 Å². The molecule has 3 aromatic carbocycles. The minimum atomic E-state index is -3.96. The van der Waals surface area contributed by atoms with Crippen molar-refractivity contribution in [2.24, 2.45) is 0 Å². The number of methoxy groups -OCH3 is 3. The minimum Gasteiger partial charge on any atom is -0.495 e. The van der Waals surface area contributed by atoms with Crippen LogP contribution in [0.15, 0.2) is 65.6 Å². The van der Waals surface area contributed by atoms with E-state index in [0.717, 1.165) is 4.31 Å². The van der Waals surface area contributed by atoms with Gasteiger partial charge in [0.05, 0.1) is 31.9 Å². The van der Waals surface area contributed by atoms with Gasteiger partial charge in [0.2, 0.25) is 0 Å². The molecular formula is C25H28N2O6S. The Morgan fingerprint density at radius 2 is 1.44 bits per heavy atom. The predicted octanol–water partition coefficient (Wildman–Crippen LogP) is 4.12. The van der Waals surface area contributed by atoms with E-state index in [9.17, 15) is 13.2 Å². The number of hydrogen-bond acceptors (Lipinski definition) is 6. The van der Waals surface area contributed by atoms with Crippen LogP contribution in [-0.4, -0.2) is 49.7 Å². The summed E-state index contributed by atoms with van der Waals surface area (Å²) in [6.07, 6.45) is 0. The summed E-state index contributed by atoms with van der Waals surface area (Å²) >= 11 is 0. The maximum atomic E-state index is 13.4. The highest BCUT2D eigenvalue weighted by molar-refractivity contribution is 7.92. The van der Waals surface area contributed by atoms with Crippen molar-refractivity contribution in [3.63, 3.8) is 0 Å². The van der Waals surface area contributed by atoms with Crippen molar-refractivity contribution in [2.75, 3.05) is 44.6 Å². The third-order valence-electron chi connectivity index (χ3n) is 5.58. The Labute approximate surface area is 200 Å². The molecule has 8 nitrogen and oxygen atoms in total. The number of carbonyl (C=O) groups is 1. The molecule has 0 saturated heterocycles. The van der Waals surface area contributed by atoms with Gasteiger partial charge in [-0.2, -0.15) is 0 Å². The molecule has 0 fully saturated rings. The Balaban J connectivity index is 1.99. The van der Waals surface area contributed by atoms with E-state index in [1.165, 1.54) is 45.4 Å². The fraction of sp³-hybridized carbons (Fsp3) is 0.240. The Hall–Kier alpha value is -3.72. The molecule has 0 unspecified atom stereocenters. The third kappa shape index (κ3) is 4.65. The normalized spacial score (nSPS) is 11.0. The zero-order chi connectivity index (χ0) is 25.0. The van der Waals surface area contributed by atoms with Crippen molar-refractivity contribution >= 4 is 27.3 Å². The minimum absolute atomic E-state index is 0.00410. The summed E-state index contributed by atoms with van der Waals surface area (Å²) in [5.74, 6) is 1.08. The number of hydrogen-bond donors (Lipinski definition) is 0. The Bertz CT molecular complexity index is 1310. The van der Waals surface area contributed by atoms with E-state index in [1.54, 1.807) is 62.5 Å². The van der Waals surface area contributed by atoms with Gasteiger partial charge in [0, 0.05) is 31.4 Å². The van der Waals surface area contributed by atoms with E-state index >= 15 is 0 Å². The number of nitrogens with zero attached hydrogens (tertiary/aromatic N) is 2. The Morgan fingerprint density at radius 1 is 0.794 bits per heavy atom. The molecule has 1 amide bonds. The summed E-state index contributed by atoms with van der Waals surface area (Å²) in [5.41, 5.74) is 1.88. The van der Waals surface area contributed by atoms with Crippen LogP contribution < -0.4 is 23.4 Å². The van der Waals surface area contributed by atoms with Gasteiger partial charge in [0.15, 0.2) is 11.5 Å². The molecule has 3 rings (SSSR count). The number of aryl methyl sites for hydroxylation is 1. The number of ether oxygens (including phenoxy) is 3. The van der Waals surface area contributed by atoms with Crippen LogP contribution in [0.5, 0.6) is 17.2 Å². The van der Waals surface area contributed by atoms with E-state index in [2.05, 4.69) is 0 Å². The molecule has 0 saturated carbocycles. The molecule has 0 heterocycles. The van der Waals surface area contributed by atoms with Crippen molar-refractivity contribution in [1.82, 2.24) is 0 Å². The van der Waals surface area contributed by atoms with Crippen molar-refractivity contribution < 1.29 is 27.4 Å². The van der Waals surface area contributed by atoms with Crippen LogP contribution in [0.2, 0.25) is 0 Å². The van der Waals surface area contributed by atoms with Crippen LogP contribution in [0.1, 0.15) is 15.9 Å². The molecule has 0 aliphatic carbocycles. The second kappa shape index (κ2) is 10.0. The van der Waals surface area contributed by atoms with E-state index in [4.69, 9.17) is 14.2 Å². The van der Waals surface area contributed by atoms with E-state index < -0.39 is 10.0 Å². The average Bonchev–Trinajstić information content (AvgIpc) is 2.86. The van der Waals surface area contributed by atoms with Crippen LogP contribution in [0.25, 0.3) is 0 Å². The SMILES string of the molecule is COc1ccc(N(C)C(=O)c2cc(S(=O)(=O)N(C)c3ccccc3OC)ccc2C)cc1OC. The second-order valence-electron chi connectivity index (χ2n) is 7.52. The fourth-order valence-corrected chi connectivity index (χ4v) is 4.73. The van der Waals surface area contributed by atoms with Crippen LogP contribution in [0, 0.1) is 6.92 Å². The first kappa shape index (κ1) is 24.9. The molecule has 3 aromatic rings.